The zero-order chi connectivity index (χ0) is 26.7. The summed E-state index contributed by atoms with van der Waals surface area (Å²) in [5, 5.41) is 14.8. The predicted molar refractivity (Wildman–Crippen MR) is 126 cm³/mol. The molecule has 4 amide bonds. The molecule has 2 aliphatic heterocycles. The van der Waals surface area contributed by atoms with Crippen molar-refractivity contribution in [3.8, 4) is 0 Å². The fourth-order valence-corrected chi connectivity index (χ4v) is 4.69. The van der Waals surface area contributed by atoms with Crippen molar-refractivity contribution in [2.75, 3.05) is 20.1 Å². The van der Waals surface area contributed by atoms with Gasteiger partial charge in [-0.3, -0.25) is 14.4 Å². The number of benzene rings is 2. The van der Waals surface area contributed by atoms with E-state index in [9.17, 15) is 33.1 Å². The van der Waals surface area contributed by atoms with E-state index in [1.54, 1.807) is 7.05 Å². The van der Waals surface area contributed by atoms with Gasteiger partial charge in [0.05, 0.1) is 13.1 Å². The van der Waals surface area contributed by atoms with Gasteiger partial charge >= 0.3 is 12.0 Å². The summed E-state index contributed by atoms with van der Waals surface area (Å²) in [6.45, 7) is -0.362. The molecular formula is C25H27F2N5O5. The minimum Gasteiger partial charge on any atom is -0.481 e. The molecule has 2 saturated heterocycles. The van der Waals surface area contributed by atoms with E-state index in [2.05, 4.69) is 5.32 Å². The molecule has 2 N–H and O–H groups in total. The standard InChI is InChI=1S/C25H27F2N5O5/c1-29-15-22(33)31-20(9-10-23(34)35)24(36)30(13-17-7-8-18(26)11-19(17)27)14-21(31)32(29)25(37)28-12-16-5-3-2-4-6-16/h2-8,11,20-21H,9-10,12-15H2,1H3,(H,28,37)(H,34,35). The zero-order valence-electron chi connectivity index (χ0n) is 20.1. The van der Waals surface area contributed by atoms with Crippen LogP contribution in [0.1, 0.15) is 24.0 Å². The maximum absolute atomic E-state index is 14.4. The second kappa shape index (κ2) is 10.9. The lowest BCUT2D eigenvalue weighted by Gasteiger charge is -2.54. The smallest absolute Gasteiger partial charge is 0.334 e. The molecule has 37 heavy (non-hydrogen) atoms. The van der Waals surface area contributed by atoms with E-state index in [1.165, 1.54) is 25.9 Å². The van der Waals surface area contributed by atoms with Gasteiger partial charge < -0.3 is 20.2 Å². The molecule has 0 bridgehead atoms. The molecule has 2 unspecified atom stereocenters. The number of hydrogen-bond donors (Lipinski definition) is 2. The number of carboxylic acid groups (broad SMARTS) is 1. The molecule has 12 heteroatoms. The molecule has 0 saturated carbocycles. The molecule has 10 nitrogen and oxygen atoms in total. The van der Waals surface area contributed by atoms with Gasteiger partial charge in [-0.05, 0) is 18.1 Å². The molecule has 2 aromatic rings. The number of fused-ring (bicyclic) bond motifs is 1. The summed E-state index contributed by atoms with van der Waals surface area (Å²) in [4.78, 5) is 53.6. The zero-order valence-corrected chi connectivity index (χ0v) is 20.1. The van der Waals surface area contributed by atoms with Crippen LogP contribution in [0.25, 0.3) is 0 Å². The summed E-state index contributed by atoms with van der Waals surface area (Å²) >= 11 is 0. The number of piperazine rings is 1. The second-order valence-electron chi connectivity index (χ2n) is 8.99. The van der Waals surface area contributed by atoms with Gasteiger partial charge in [-0.25, -0.2) is 23.6 Å². The summed E-state index contributed by atoms with van der Waals surface area (Å²) in [5.74, 6) is -3.76. The molecule has 0 spiro atoms. The van der Waals surface area contributed by atoms with Crippen LogP contribution in [0.2, 0.25) is 0 Å². The summed E-state index contributed by atoms with van der Waals surface area (Å²) < 4.78 is 27.8. The molecule has 2 aromatic carbocycles. The van der Waals surface area contributed by atoms with E-state index in [1.807, 2.05) is 30.3 Å². The summed E-state index contributed by atoms with van der Waals surface area (Å²) in [5.41, 5.74) is 0.908. The normalized spacial score (nSPS) is 20.1. The minimum atomic E-state index is -1.16. The third-order valence-electron chi connectivity index (χ3n) is 6.44. The van der Waals surface area contributed by atoms with Gasteiger partial charge in [0, 0.05) is 38.2 Å². The lowest BCUT2D eigenvalue weighted by molar-refractivity contribution is -0.188. The Bertz CT molecular complexity index is 1200. The Balaban J connectivity index is 1.63. The Morgan fingerprint density at radius 3 is 2.51 bits per heavy atom. The van der Waals surface area contributed by atoms with Crippen molar-refractivity contribution < 1.29 is 33.1 Å². The first-order chi connectivity index (χ1) is 17.7. The van der Waals surface area contributed by atoms with Crippen molar-refractivity contribution in [3.05, 3.63) is 71.3 Å². The maximum atomic E-state index is 14.4. The fraction of sp³-hybridized carbons (Fsp3) is 0.360. The molecule has 0 aliphatic carbocycles. The number of hydrogen-bond acceptors (Lipinski definition) is 5. The van der Waals surface area contributed by atoms with E-state index in [4.69, 9.17) is 0 Å². The highest BCUT2D eigenvalue weighted by atomic mass is 19.1. The lowest BCUT2D eigenvalue weighted by Crippen LogP contribution is -2.75. The quantitative estimate of drug-likeness (QED) is 0.581. The number of urea groups is 1. The van der Waals surface area contributed by atoms with Crippen LogP contribution in [-0.2, 0) is 27.5 Å². The van der Waals surface area contributed by atoms with E-state index < -0.39 is 47.7 Å². The van der Waals surface area contributed by atoms with Gasteiger partial charge in [-0.1, -0.05) is 36.4 Å². The number of hydrazine groups is 1. The van der Waals surface area contributed by atoms with Crippen LogP contribution in [0.3, 0.4) is 0 Å². The highest BCUT2D eigenvalue weighted by Crippen LogP contribution is 2.29. The lowest BCUT2D eigenvalue weighted by atomic mass is 10.0. The number of nitrogens with one attached hydrogen (secondary N) is 1. The monoisotopic (exact) mass is 515 g/mol. The van der Waals surface area contributed by atoms with E-state index in [-0.39, 0.29) is 44.6 Å². The van der Waals surface area contributed by atoms with Crippen molar-refractivity contribution in [2.24, 2.45) is 0 Å². The van der Waals surface area contributed by atoms with Crippen molar-refractivity contribution in [1.29, 1.82) is 0 Å². The third-order valence-corrected chi connectivity index (χ3v) is 6.44. The maximum Gasteiger partial charge on any atom is 0.334 e. The van der Waals surface area contributed by atoms with Crippen LogP contribution in [0.5, 0.6) is 0 Å². The summed E-state index contributed by atoms with van der Waals surface area (Å²) in [7, 11) is 1.56. The van der Waals surface area contributed by atoms with Gasteiger partial charge in [0.2, 0.25) is 11.8 Å². The number of amides is 4. The molecule has 2 heterocycles. The Labute approximate surface area is 212 Å². The van der Waals surface area contributed by atoms with Gasteiger partial charge in [0.25, 0.3) is 0 Å². The SMILES string of the molecule is CN1CC(=O)N2C(CCC(=O)O)C(=O)N(Cc3ccc(F)cc3F)CC2N1C(=O)NCc1ccccc1. The first-order valence-electron chi connectivity index (χ1n) is 11.7. The molecular weight excluding hydrogens is 488 g/mol. The molecule has 2 fully saturated rings. The van der Waals surface area contributed by atoms with Gasteiger partial charge in [-0.15, -0.1) is 0 Å². The molecule has 2 atom stereocenters. The van der Waals surface area contributed by atoms with Crippen LogP contribution >= 0.6 is 0 Å². The molecule has 2 aliphatic rings. The molecule has 0 radical (unpaired) electrons. The Kier molecular flexibility index (Phi) is 7.67. The highest BCUT2D eigenvalue weighted by molar-refractivity contribution is 5.91. The van der Waals surface area contributed by atoms with Crippen molar-refractivity contribution in [1.82, 2.24) is 25.1 Å². The topological polar surface area (TPSA) is 114 Å². The number of rotatable bonds is 7. The van der Waals surface area contributed by atoms with Crippen LogP contribution < -0.4 is 5.32 Å². The molecule has 0 aromatic heterocycles. The van der Waals surface area contributed by atoms with E-state index in [0.29, 0.717) is 6.07 Å². The van der Waals surface area contributed by atoms with Crippen molar-refractivity contribution in [3.63, 3.8) is 0 Å². The molecule has 4 rings (SSSR count). The first-order valence-corrected chi connectivity index (χ1v) is 11.7. The number of carbonyl (C=O) groups is 4. The van der Waals surface area contributed by atoms with Crippen LogP contribution in [0.15, 0.2) is 48.5 Å². The van der Waals surface area contributed by atoms with Crippen molar-refractivity contribution >= 4 is 23.8 Å². The second-order valence-corrected chi connectivity index (χ2v) is 8.99. The average molecular weight is 516 g/mol. The number of halogens is 2. The molecule has 196 valence electrons. The van der Waals surface area contributed by atoms with Crippen LogP contribution in [0, 0.1) is 11.6 Å². The van der Waals surface area contributed by atoms with Crippen molar-refractivity contribution in [2.45, 2.75) is 38.1 Å². The number of aliphatic carboxylic acids is 1. The first kappa shape index (κ1) is 26.0. The summed E-state index contributed by atoms with van der Waals surface area (Å²) in [6, 6.07) is 10.5. The number of likely N-dealkylation sites (N-methyl/N-ethyl adjacent to an activating group) is 1. The Morgan fingerprint density at radius 2 is 1.84 bits per heavy atom. The largest absolute Gasteiger partial charge is 0.481 e. The fourth-order valence-electron chi connectivity index (χ4n) is 4.69. The van der Waals surface area contributed by atoms with Crippen LogP contribution in [0.4, 0.5) is 13.6 Å². The van der Waals surface area contributed by atoms with Crippen LogP contribution in [-0.4, -0.2) is 81.1 Å². The predicted octanol–water partition coefficient (Wildman–Crippen LogP) is 1.77. The number of nitrogens with zero attached hydrogens (tertiary/aromatic N) is 4. The van der Waals surface area contributed by atoms with Gasteiger partial charge in [0.1, 0.15) is 23.8 Å². The summed E-state index contributed by atoms with van der Waals surface area (Å²) in [6.07, 6.45) is -1.52. The van der Waals surface area contributed by atoms with Gasteiger partial charge in [0.15, 0.2) is 0 Å². The third kappa shape index (κ3) is 5.69. The Morgan fingerprint density at radius 1 is 1.11 bits per heavy atom. The minimum absolute atomic E-state index is 0.0516. The highest BCUT2D eigenvalue weighted by Gasteiger charge is 2.50. The average Bonchev–Trinajstić information content (AvgIpc) is 2.85. The van der Waals surface area contributed by atoms with E-state index in [0.717, 1.165) is 11.6 Å². The van der Waals surface area contributed by atoms with Gasteiger partial charge in [-0.2, -0.15) is 0 Å². The number of carboxylic acids is 1. The number of carbonyl (C=O) groups excluding carboxylic acids is 3. The van der Waals surface area contributed by atoms with E-state index >= 15 is 0 Å². The Hall–Kier alpha value is -4.06.